The van der Waals surface area contributed by atoms with Crippen LogP contribution in [-0.4, -0.2) is 61.2 Å². The van der Waals surface area contributed by atoms with Gasteiger partial charge in [0.2, 0.25) is 11.1 Å². The van der Waals surface area contributed by atoms with Crippen molar-refractivity contribution in [3.05, 3.63) is 46.3 Å². The number of aryl methyl sites for hydroxylation is 2. The van der Waals surface area contributed by atoms with Crippen LogP contribution >= 0.6 is 23.5 Å². The highest BCUT2D eigenvalue weighted by molar-refractivity contribution is 7.99. The van der Waals surface area contributed by atoms with Gasteiger partial charge in [-0.2, -0.15) is 16.7 Å². The Bertz CT molecular complexity index is 1110. The van der Waals surface area contributed by atoms with Crippen LogP contribution in [0.1, 0.15) is 28.1 Å². The van der Waals surface area contributed by atoms with Crippen molar-refractivity contribution in [2.45, 2.75) is 38.9 Å². The van der Waals surface area contributed by atoms with E-state index < -0.39 is 0 Å². The van der Waals surface area contributed by atoms with Crippen molar-refractivity contribution in [1.29, 1.82) is 0 Å². The molecule has 0 atom stereocenters. The lowest BCUT2D eigenvalue weighted by Crippen LogP contribution is -2.32. The third kappa shape index (κ3) is 4.88. The molecule has 0 aliphatic carbocycles. The number of carbonyl (C=O) groups is 1. The van der Waals surface area contributed by atoms with E-state index >= 15 is 0 Å². The highest BCUT2D eigenvalue weighted by atomic mass is 32.2. The summed E-state index contributed by atoms with van der Waals surface area (Å²) < 4.78 is 1.73. The maximum absolute atomic E-state index is 12.9. The molecule has 1 fully saturated rings. The van der Waals surface area contributed by atoms with Gasteiger partial charge in [-0.3, -0.25) is 9.69 Å². The number of hydrogen-bond acceptors (Lipinski definition) is 7. The van der Waals surface area contributed by atoms with Crippen molar-refractivity contribution in [2.75, 3.05) is 36.2 Å². The largest absolute Gasteiger partial charge is 0.326 e. The van der Waals surface area contributed by atoms with E-state index in [4.69, 9.17) is 0 Å². The molecule has 0 spiro atoms. The molecule has 164 valence electrons. The minimum atomic E-state index is -0.0489. The maximum Gasteiger partial charge on any atom is 0.253 e. The molecule has 31 heavy (non-hydrogen) atoms. The predicted octanol–water partition coefficient (Wildman–Crippen LogP) is 3.50. The SMILES string of the molecule is CSc1nc2nc(C)c(CC(=O)Nc3cccc(CN4CCSCC4)c3C)c(C)n2n1. The first-order chi connectivity index (χ1) is 15.0. The van der Waals surface area contributed by atoms with Crippen LogP contribution in [0.15, 0.2) is 23.4 Å². The number of rotatable bonds is 6. The monoisotopic (exact) mass is 456 g/mol. The third-order valence-electron chi connectivity index (χ3n) is 5.77. The number of nitrogens with one attached hydrogen (secondary N) is 1. The quantitative estimate of drug-likeness (QED) is 0.569. The summed E-state index contributed by atoms with van der Waals surface area (Å²) in [7, 11) is 0. The van der Waals surface area contributed by atoms with Gasteiger partial charge < -0.3 is 5.32 Å². The van der Waals surface area contributed by atoms with Crippen LogP contribution in [-0.2, 0) is 17.8 Å². The Labute approximate surface area is 191 Å². The van der Waals surface area contributed by atoms with Gasteiger partial charge in [-0.15, -0.1) is 5.10 Å². The molecule has 1 saturated heterocycles. The van der Waals surface area contributed by atoms with Crippen molar-refractivity contribution >= 4 is 40.9 Å². The zero-order valence-electron chi connectivity index (χ0n) is 18.4. The van der Waals surface area contributed by atoms with E-state index in [-0.39, 0.29) is 12.3 Å². The van der Waals surface area contributed by atoms with E-state index in [0.29, 0.717) is 10.9 Å². The molecule has 0 saturated carbocycles. The summed E-state index contributed by atoms with van der Waals surface area (Å²) in [5.74, 6) is 2.91. The van der Waals surface area contributed by atoms with Crippen LogP contribution in [0.4, 0.5) is 5.69 Å². The number of thioether (sulfide) groups is 2. The molecule has 0 bridgehead atoms. The third-order valence-corrected chi connectivity index (χ3v) is 7.25. The molecular formula is C22H28N6OS2. The molecule has 1 aliphatic heterocycles. The Hall–Kier alpha value is -2.10. The highest BCUT2D eigenvalue weighted by Gasteiger charge is 2.18. The Balaban J connectivity index is 1.50. The topological polar surface area (TPSA) is 75.4 Å². The molecule has 2 aromatic heterocycles. The van der Waals surface area contributed by atoms with Gasteiger partial charge in [0.1, 0.15) is 0 Å². The zero-order chi connectivity index (χ0) is 22.0. The van der Waals surface area contributed by atoms with Gasteiger partial charge in [0.25, 0.3) is 5.78 Å². The molecule has 0 unspecified atom stereocenters. The first kappa shape index (κ1) is 22.1. The number of benzene rings is 1. The van der Waals surface area contributed by atoms with Crippen molar-refractivity contribution in [3.8, 4) is 0 Å². The molecule has 7 nitrogen and oxygen atoms in total. The average molecular weight is 457 g/mol. The van der Waals surface area contributed by atoms with E-state index in [0.717, 1.165) is 47.8 Å². The molecule has 3 aromatic rings. The van der Waals surface area contributed by atoms with Gasteiger partial charge in [-0.1, -0.05) is 23.9 Å². The Kier molecular flexibility index (Phi) is 6.83. The normalized spacial score (nSPS) is 14.8. The molecule has 1 aromatic carbocycles. The number of hydrogen-bond donors (Lipinski definition) is 1. The molecule has 1 aliphatic rings. The van der Waals surface area contributed by atoms with Crippen LogP contribution in [0, 0.1) is 20.8 Å². The Morgan fingerprint density at radius 1 is 1.19 bits per heavy atom. The van der Waals surface area contributed by atoms with Gasteiger partial charge in [0, 0.05) is 53.8 Å². The summed E-state index contributed by atoms with van der Waals surface area (Å²) >= 11 is 3.50. The lowest BCUT2D eigenvalue weighted by molar-refractivity contribution is -0.115. The lowest BCUT2D eigenvalue weighted by atomic mass is 10.0. The van der Waals surface area contributed by atoms with Crippen LogP contribution in [0.25, 0.3) is 5.78 Å². The van der Waals surface area contributed by atoms with E-state index in [1.54, 1.807) is 4.52 Å². The Morgan fingerprint density at radius 2 is 1.97 bits per heavy atom. The maximum atomic E-state index is 12.9. The van der Waals surface area contributed by atoms with Crippen LogP contribution in [0.3, 0.4) is 0 Å². The fourth-order valence-corrected chi connectivity index (χ4v) is 5.19. The highest BCUT2D eigenvalue weighted by Crippen LogP contribution is 2.23. The summed E-state index contributed by atoms with van der Waals surface area (Å²) in [5.41, 5.74) is 5.89. The summed E-state index contributed by atoms with van der Waals surface area (Å²) in [6, 6.07) is 6.17. The van der Waals surface area contributed by atoms with E-state index in [1.165, 1.54) is 28.8 Å². The second-order valence-electron chi connectivity index (χ2n) is 7.77. The van der Waals surface area contributed by atoms with Gasteiger partial charge in [0.15, 0.2) is 0 Å². The number of anilines is 1. The molecule has 1 N–H and O–H groups in total. The minimum absolute atomic E-state index is 0.0489. The first-order valence-corrected chi connectivity index (χ1v) is 12.8. The first-order valence-electron chi connectivity index (χ1n) is 10.4. The fraction of sp³-hybridized carbons (Fsp3) is 0.455. The van der Waals surface area contributed by atoms with Crippen LogP contribution in [0.5, 0.6) is 0 Å². The molecule has 4 rings (SSSR count). The molecule has 1 amide bonds. The molecule has 0 radical (unpaired) electrons. The second-order valence-corrected chi connectivity index (χ2v) is 9.77. The van der Waals surface area contributed by atoms with Gasteiger partial charge in [-0.25, -0.2) is 9.50 Å². The average Bonchev–Trinajstić information content (AvgIpc) is 3.18. The van der Waals surface area contributed by atoms with Crippen molar-refractivity contribution < 1.29 is 4.79 Å². The Morgan fingerprint density at radius 3 is 2.71 bits per heavy atom. The van der Waals surface area contributed by atoms with Gasteiger partial charge >= 0.3 is 0 Å². The number of fused-ring (bicyclic) bond motifs is 1. The van der Waals surface area contributed by atoms with Crippen LogP contribution < -0.4 is 5.32 Å². The summed E-state index contributed by atoms with van der Waals surface area (Å²) in [6.07, 6.45) is 2.19. The summed E-state index contributed by atoms with van der Waals surface area (Å²) in [5, 5.41) is 8.27. The lowest BCUT2D eigenvalue weighted by Gasteiger charge is -2.27. The summed E-state index contributed by atoms with van der Waals surface area (Å²) in [6.45, 7) is 9.15. The number of amides is 1. The fourth-order valence-electron chi connectivity index (χ4n) is 3.88. The van der Waals surface area contributed by atoms with Crippen LogP contribution in [0.2, 0.25) is 0 Å². The minimum Gasteiger partial charge on any atom is -0.326 e. The van der Waals surface area contributed by atoms with Gasteiger partial charge in [-0.05, 0) is 44.2 Å². The van der Waals surface area contributed by atoms with Crippen molar-refractivity contribution in [3.63, 3.8) is 0 Å². The van der Waals surface area contributed by atoms with E-state index in [9.17, 15) is 4.79 Å². The number of aromatic nitrogens is 4. The standard InChI is InChI=1S/C22H28N6OS2/c1-14-17(13-27-8-10-31-11-9-27)6-5-7-19(14)24-20(29)12-18-15(2)23-21-25-22(30-4)26-28(21)16(18)3/h5-7H,8-13H2,1-4H3,(H,24,29). The summed E-state index contributed by atoms with van der Waals surface area (Å²) in [4.78, 5) is 24.4. The van der Waals surface area contributed by atoms with Crippen molar-refractivity contribution in [2.24, 2.45) is 0 Å². The van der Waals surface area contributed by atoms with E-state index in [2.05, 4.69) is 38.3 Å². The van der Waals surface area contributed by atoms with Crippen molar-refractivity contribution in [1.82, 2.24) is 24.5 Å². The van der Waals surface area contributed by atoms with Gasteiger partial charge in [0.05, 0.1) is 6.42 Å². The second kappa shape index (κ2) is 9.58. The molecular weight excluding hydrogens is 428 g/mol. The number of nitrogens with zero attached hydrogens (tertiary/aromatic N) is 5. The number of carbonyl (C=O) groups excluding carboxylic acids is 1. The molecule has 3 heterocycles. The molecule has 9 heteroatoms. The van der Waals surface area contributed by atoms with E-state index in [1.807, 2.05) is 44.0 Å². The predicted molar refractivity (Wildman–Crippen MR) is 128 cm³/mol. The zero-order valence-corrected chi connectivity index (χ0v) is 20.1. The smallest absolute Gasteiger partial charge is 0.253 e.